The lowest BCUT2D eigenvalue weighted by Gasteiger charge is -2.00. The highest BCUT2D eigenvalue weighted by molar-refractivity contribution is 7.89. The minimum absolute atomic E-state index is 0.00108. The summed E-state index contributed by atoms with van der Waals surface area (Å²) in [7, 11) is -1.86. The van der Waals surface area contributed by atoms with Crippen molar-refractivity contribution in [3.05, 3.63) is 12.5 Å². The molecule has 0 aliphatic heterocycles. The molecular formula is C6H11N3O3S. The van der Waals surface area contributed by atoms with Crippen LogP contribution in [0.2, 0.25) is 0 Å². The molecule has 1 heterocycles. The molecule has 0 aliphatic rings. The fourth-order valence-corrected chi connectivity index (χ4v) is 1.78. The van der Waals surface area contributed by atoms with Crippen molar-refractivity contribution in [1.29, 1.82) is 0 Å². The minimum Gasteiger partial charge on any atom is -0.395 e. The molecule has 0 fully saturated rings. The van der Waals surface area contributed by atoms with Crippen LogP contribution in [0.15, 0.2) is 17.6 Å². The van der Waals surface area contributed by atoms with E-state index in [2.05, 4.69) is 9.71 Å². The maximum Gasteiger partial charge on any atom is 0.259 e. The van der Waals surface area contributed by atoms with Gasteiger partial charge in [-0.1, -0.05) is 0 Å². The Hall–Kier alpha value is -0.920. The maximum absolute atomic E-state index is 11.3. The fraction of sp³-hybridized carbons (Fsp3) is 0.500. The van der Waals surface area contributed by atoms with E-state index < -0.39 is 10.0 Å². The number of aromatic nitrogens is 2. The molecule has 1 rings (SSSR count). The van der Waals surface area contributed by atoms with Crippen molar-refractivity contribution in [2.75, 3.05) is 13.2 Å². The van der Waals surface area contributed by atoms with Crippen molar-refractivity contribution >= 4 is 10.0 Å². The number of nitrogens with zero attached hydrogens (tertiary/aromatic N) is 2. The molecule has 1 aromatic rings. The summed E-state index contributed by atoms with van der Waals surface area (Å²) in [5, 5.41) is 8.39. The van der Waals surface area contributed by atoms with E-state index in [9.17, 15) is 8.42 Å². The van der Waals surface area contributed by atoms with Crippen LogP contribution in [-0.4, -0.2) is 36.2 Å². The van der Waals surface area contributed by atoms with Gasteiger partial charge in [-0.2, -0.15) is 0 Å². The summed E-state index contributed by atoms with van der Waals surface area (Å²) in [6, 6.07) is 0. The monoisotopic (exact) mass is 205 g/mol. The molecule has 0 aliphatic carbocycles. The van der Waals surface area contributed by atoms with E-state index >= 15 is 0 Å². The SMILES string of the molecule is Cn1cnc(S(=O)(=O)NCCO)c1. The number of aliphatic hydroxyl groups is 1. The Labute approximate surface area is 76.3 Å². The Kier molecular flexibility index (Phi) is 3.02. The standard InChI is InChI=1S/C6H11N3O3S/c1-9-4-6(7-5-9)13(11,12)8-2-3-10/h4-5,8,10H,2-3H2,1H3. The van der Waals surface area contributed by atoms with Gasteiger partial charge >= 0.3 is 0 Å². The summed E-state index contributed by atoms with van der Waals surface area (Å²) in [6.45, 7) is -0.231. The average Bonchev–Trinajstić information content (AvgIpc) is 2.49. The van der Waals surface area contributed by atoms with Crippen molar-refractivity contribution in [3.8, 4) is 0 Å². The van der Waals surface area contributed by atoms with Gasteiger partial charge in [0.05, 0.1) is 12.9 Å². The van der Waals surface area contributed by atoms with Crippen LogP contribution >= 0.6 is 0 Å². The number of hydrogen-bond donors (Lipinski definition) is 2. The molecule has 0 saturated carbocycles. The molecule has 0 saturated heterocycles. The third-order valence-corrected chi connectivity index (χ3v) is 2.71. The van der Waals surface area contributed by atoms with Crippen LogP contribution in [0, 0.1) is 0 Å². The highest BCUT2D eigenvalue weighted by atomic mass is 32.2. The van der Waals surface area contributed by atoms with Crippen molar-refractivity contribution in [1.82, 2.24) is 14.3 Å². The lowest BCUT2D eigenvalue weighted by molar-refractivity contribution is 0.301. The number of aryl methyl sites for hydroxylation is 1. The van der Waals surface area contributed by atoms with Crippen LogP contribution in [0.5, 0.6) is 0 Å². The van der Waals surface area contributed by atoms with E-state index in [1.54, 1.807) is 7.05 Å². The maximum atomic E-state index is 11.3. The topological polar surface area (TPSA) is 84.2 Å². The zero-order chi connectivity index (χ0) is 9.90. The molecule has 13 heavy (non-hydrogen) atoms. The molecule has 7 heteroatoms. The van der Waals surface area contributed by atoms with Crippen LogP contribution in [0.1, 0.15) is 0 Å². The van der Waals surface area contributed by atoms with E-state index in [1.165, 1.54) is 17.1 Å². The van der Waals surface area contributed by atoms with Gasteiger partial charge in [0.25, 0.3) is 10.0 Å². The molecule has 74 valence electrons. The molecule has 0 atom stereocenters. The van der Waals surface area contributed by atoms with E-state index in [0.717, 1.165) is 0 Å². The molecule has 0 aromatic carbocycles. The third-order valence-electron chi connectivity index (χ3n) is 1.36. The molecule has 0 unspecified atom stereocenters. The van der Waals surface area contributed by atoms with Crippen LogP contribution in [0.4, 0.5) is 0 Å². The zero-order valence-corrected chi connectivity index (χ0v) is 7.95. The summed E-state index contributed by atoms with van der Waals surface area (Å²) >= 11 is 0. The van der Waals surface area contributed by atoms with Crippen LogP contribution < -0.4 is 4.72 Å². The quantitative estimate of drug-likeness (QED) is 0.639. The van der Waals surface area contributed by atoms with Gasteiger partial charge in [0.15, 0.2) is 5.03 Å². The second-order valence-corrected chi connectivity index (χ2v) is 4.21. The van der Waals surface area contributed by atoms with E-state index in [-0.39, 0.29) is 18.2 Å². The van der Waals surface area contributed by atoms with E-state index in [0.29, 0.717) is 0 Å². The minimum atomic E-state index is -3.54. The predicted octanol–water partition coefficient (Wildman–Crippen LogP) is -1.31. The number of nitrogens with one attached hydrogen (secondary N) is 1. The van der Waals surface area contributed by atoms with Gasteiger partial charge in [0.1, 0.15) is 0 Å². The zero-order valence-electron chi connectivity index (χ0n) is 7.14. The first kappa shape index (κ1) is 10.2. The van der Waals surface area contributed by atoms with Crippen molar-refractivity contribution < 1.29 is 13.5 Å². The molecule has 1 aromatic heterocycles. The van der Waals surface area contributed by atoms with Gasteiger partial charge in [-0.05, 0) is 0 Å². The number of imidazole rings is 1. The fourth-order valence-electron chi connectivity index (χ4n) is 0.782. The Morgan fingerprint density at radius 3 is 2.85 bits per heavy atom. The van der Waals surface area contributed by atoms with Gasteiger partial charge in [0, 0.05) is 19.8 Å². The summed E-state index contributed by atoms with van der Waals surface area (Å²) < 4.78 is 26.3. The van der Waals surface area contributed by atoms with Crippen LogP contribution in [-0.2, 0) is 17.1 Å². The first-order valence-corrected chi connectivity index (χ1v) is 5.13. The normalized spacial score (nSPS) is 11.8. The molecular weight excluding hydrogens is 194 g/mol. The summed E-state index contributed by atoms with van der Waals surface area (Å²) in [4.78, 5) is 3.67. The Balaban J connectivity index is 2.82. The van der Waals surface area contributed by atoms with Gasteiger partial charge in [0.2, 0.25) is 0 Å². The first-order valence-electron chi connectivity index (χ1n) is 3.65. The van der Waals surface area contributed by atoms with Crippen molar-refractivity contribution in [3.63, 3.8) is 0 Å². The van der Waals surface area contributed by atoms with Crippen molar-refractivity contribution in [2.45, 2.75) is 5.03 Å². The molecule has 0 radical (unpaired) electrons. The molecule has 0 bridgehead atoms. The lowest BCUT2D eigenvalue weighted by atomic mass is 10.8. The lowest BCUT2D eigenvalue weighted by Crippen LogP contribution is -2.26. The first-order chi connectivity index (χ1) is 6.06. The van der Waals surface area contributed by atoms with Gasteiger partial charge in [-0.25, -0.2) is 18.1 Å². The molecule has 2 N–H and O–H groups in total. The number of hydrogen-bond acceptors (Lipinski definition) is 4. The van der Waals surface area contributed by atoms with Gasteiger partial charge in [-0.15, -0.1) is 0 Å². The molecule has 0 spiro atoms. The number of sulfonamides is 1. The van der Waals surface area contributed by atoms with Gasteiger partial charge < -0.3 is 9.67 Å². The molecule has 0 amide bonds. The smallest absolute Gasteiger partial charge is 0.259 e. The second kappa shape index (κ2) is 3.86. The van der Waals surface area contributed by atoms with Gasteiger partial charge in [-0.3, -0.25) is 0 Å². The Morgan fingerprint density at radius 1 is 1.69 bits per heavy atom. The average molecular weight is 205 g/mol. The highest BCUT2D eigenvalue weighted by Gasteiger charge is 2.15. The molecule has 6 nitrogen and oxygen atoms in total. The van der Waals surface area contributed by atoms with Crippen LogP contribution in [0.25, 0.3) is 0 Å². The second-order valence-electron chi connectivity index (χ2n) is 2.50. The largest absolute Gasteiger partial charge is 0.395 e. The van der Waals surface area contributed by atoms with E-state index in [4.69, 9.17) is 5.11 Å². The van der Waals surface area contributed by atoms with Crippen molar-refractivity contribution in [2.24, 2.45) is 7.05 Å². The number of rotatable bonds is 4. The summed E-state index contributed by atoms with van der Waals surface area (Å²) in [6.07, 6.45) is 2.78. The Bertz CT molecular complexity index is 370. The summed E-state index contributed by atoms with van der Waals surface area (Å²) in [5.74, 6) is 0. The number of aliphatic hydroxyl groups excluding tert-OH is 1. The van der Waals surface area contributed by atoms with Crippen LogP contribution in [0.3, 0.4) is 0 Å². The third kappa shape index (κ3) is 2.51. The summed E-state index contributed by atoms with van der Waals surface area (Å²) in [5.41, 5.74) is 0. The van der Waals surface area contributed by atoms with E-state index in [1.807, 2.05) is 0 Å². The predicted molar refractivity (Wildman–Crippen MR) is 45.5 cm³/mol. The highest BCUT2D eigenvalue weighted by Crippen LogP contribution is 2.02. The Morgan fingerprint density at radius 2 is 2.38 bits per heavy atom.